The number of hydrogen-bond donors (Lipinski definition) is 4. The molecule has 0 aliphatic rings. The third-order valence-corrected chi connectivity index (χ3v) is 1.12. The van der Waals surface area contributed by atoms with Crippen LogP contribution in [0.5, 0.6) is 0 Å². The second kappa shape index (κ2) is 5.90. The predicted molar refractivity (Wildman–Crippen MR) is 39.3 cm³/mol. The third kappa shape index (κ3) is 5.03. The van der Waals surface area contributed by atoms with E-state index in [-0.39, 0.29) is 6.61 Å². The summed E-state index contributed by atoms with van der Waals surface area (Å²) in [6.45, 7) is 0.838. The van der Waals surface area contributed by atoms with Crippen molar-refractivity contribution >= 4 is 5.97 Å². The van der Waals surface area contributed by atoms with E-state index in [4.69, 9.17) is 15.3 Å². The molecule has 0 saturated heterocycles. The van der Waals surface area contributed by atoms with Crippen LogP contribution in [0.25, 0.3) is 0 Å². The van der Waals surface area contributed by atoms with Crippen LogP contribution in [0.15, 0.2) is 0 Å². The molecule has 6 heteroatoms. The fraction of sp³-hybridized carbons (Fsp3) is 0.833. The van der Waals surface area contributed by atoms with Gasteiger partial charge in [-0.1, -0.05) is 0 Å². The van der Waals surface area contributed by atoms with Gasteiger partial charge in [-0.05, 0) is 6.92 Å². The van der Waals surface area contributed by atoms with Crippen molar-refractivity contribution in [2.24, 2.45) is 0 Å². The van der Waals surface area contributed by atoms with Gasteiger partial charge in [-0.15, -0.1) is 0 Å². The van der Waals surface area contributed by atoms with Crippen LogP contribution in [-0.4, -0.2) is 46.6 Å². The fourth-order valence-electron chi connectivity index (χ4n) is 0.372. The molecule has 12 heavy (non-hydrogen) atoms. The Balaban J connectivity index is 3.37. The second-order valence-corrected chi connectivity index (χ2v) is 2.33. The van der Waals surface area contributed by atoms with Crippen molar-refractivity contribution in [1.82, 2.24) is 5.48 Å². The number of carboxylic acids is 1. The van der Waals surface area contributed by atoms with Crippen molar-refractivity contribution in [2.75, 3.05) is 13.2 Å². The van der Waals surface area contributed by atoms with Crippen molar-refractivity contribution in [2.45, 2.75) is 19.1 Å². The summed E-state index contributed by atoms with van der Waals surface area (Å²) in [6.07, 6.45) is -0.988. The topological polar surface area (TPSA) is 99.0 Å². The molecule has 0 aliphatic carbocycles. The SMILES string of the molecule is C[C@H](NOCC(O)CO)C(=O)O. The van der Waals surface area contributed by atoms with Crippen LogP contribution in [0.1, 0.15) is 6.92 Å². The standard InChI is InChI=1S/C6H13NO5/c1-4(6(10)11)7-12-3-5(9)2-8/h4-5,7-9H,2-3H2,1H3,(H,10,11)/t4-,5?/m0/s1. The van der Waals surface area contributed by atoms with Gasteiger partial charge in [-0.25, -0.2) is 0 Å². The molecule has 0 amide bonds. The number of aliphatic hydroxyl groups excluding tert-OH is 2. The Hall–Kier alpha value is -0.690. The molecule has 0 aliphatic heterocycles. The minimum atomic E-state index is -1.05. The Labute approximate surface area is 69.7 Å². The highest BCUT2D eigenvalue weighted by Crippen LogP contribution is 1.84. The molecule has 0 heterocycles. The second-order valence-electron chi connectivity index (χ2n) is 2.33. The van der Waals surface area contributed by atoms with Gasteiger partial charge in [-0.3, -0.25) is 9.63 Å². The van der Waals surface area contributed by atoms with Crippen LogP contribution < -0.4 is 5.48 Å². The summed E-state index contributed by atoms with van der Waals surface area (Å²) in [5.74, 6) is -1.05. The molecule has 0 saturated carbocycles. The summed E-state index contributed by atoms with van der Waals surface area (Å²) in [4.78, 5) is 14.8. The van der Waals surface area contributed by atoms with E-state index in [9.17, 15) is 4.79 Å². The lowest BCUT2D eigenvalue weighted by atomic mass is 10.4. The Bertz CT molecular complexity index is 140. The van der Waals surface area contributed by atoms with Crippen LogP contribution in [-0.2, 0) is 9.63 Å². The number of aliphatic carboxylic acids is 1. The van der Waals surface area contributed by atoms with E-state index in [2.05, 4.69) is 10.3 Å². The molecular formula is C6H13NO5. The zero-order valence-corrected chi connectivity index (χ0v) is 6.73. The van der Waals surface area contributed by atoms with Crippen LogP contribution >= 0.6 is 0 Å². The van der Waals surface area contributed by atoms with Crippen LogP contribution in [0.2, 0.25) is 0 Å². The minimum Gasteiger partial charge on any atom is -0.480 e. The molecule has 4 N–H and O–H groups in total. The summed E-state index contributed by atoms with van der Waals surface area (Å²) in [5.41, 5.74) is 2.18. The van der Waals surface area contributed by atoms with Crippen molar-refractivity contribution in [3.8, 4) is 0 Å². The van der Waals surface area contributed by atoms with Crippen molar-refractivity contribution in [3.63, 3.8) is 0 Å². The number of carboxylic acid groups (broad SMARTS) is 1. The fourth-order valence-corrected chi connectivity index (χ4v) is 0.372. The smallest absolute Gasteiger partial charge is 0.322 e. The lowest BCUT2D eigenvalue weighted by Crippen LogP contribution is -2.36. The van der Waals surface area contributed by atoms with Gasteiger partial charge in [0.1, 0.15) is 12.1 Å². The average molecular weight is 179 g/mol. The molecule has 6 nitrogen and oxygen atoms in total. The maximum Gasteiger partial charge on any atom is 0.322 e. The number of rotatable bonds is 6. The van der Waals surface area contributed by atoms with Gasteiger partial charge in [-0.2, -0.15) is 5.48 Å². The Kier molecular flexibility index (Phi) is 5.56. The number of aliphatic hydroxyl groups is 2. The van der Waals surface area contributed by atoms with E-state index >= 15 is 0 Å². The monoisotopic (exact) mass is 179 g/mol. The first kappa shape index (κ1) is 11.3. The van der Waals surface area contributed by atoms with E-state index < -0.39 is 24.7 Å². The number of nitrogens with one attached hydrogen (secondary N) is 1. The third-order valence-electron chi connectivity index (χ3n) is 1.12. The van der Waals surface area contributed by atoms with Crippen molar-refractivity contribution in [1.29, 1.82) is 0 Å². The summed E-state index contributed by atoms with van der Waals surface area (Å²) in [7, 11) is 0. The molecule has 0 fully saturated rings. The Morgan fingerprint density at radius 2 is 2.25 bits per heavy atom. The van der Waals surface area contributed by atoms with Crippen LogP contribution in [0.3, 0.4) is 0 Å². The van der Waals surface area contributed by atoms with E-state index in [1.807, 2.05) is 0 Å². The maximum atomic E-state index is 10.2. The van der Waals surface area contributed by atoms with Gasteiger partial charge < -0.3 is 15.3 Å². The van der Waals surface area contributed by atoms with E-state index in [0.717, 1.165) is 0 Å². The summed E-state index contributed by atoms with van der Waals surface area (Å²) in [6, 6.07) is -0.837. The van der Waals surface area contributed by atoms with Crippen LogP contribution in [0.4, 0.5) is 0 Å². The first-order chi connectivity index (χ1) is 5.57. The molecule has 2 atom stereocenters. The van der Waals surface area contributed by atoms with Gasteiger partial charge in [0.05, 0.1) is 13.2 Å². The van der Waals surface area contributed by atoms with Gasteiger partial charge in [0.15, 0.2) is 0 Å². The highest BCUT2D eigenvalue weighted by molar-refractivity contribution is 5.72. The molecule has 0 aromatic heterocycles. The van der Waals surface area contributed by atoms with E-state index in [1.165, 1.54) is 6.92 Å². The van der Waals surface area contributed by atoms with Crippen molar-refractivity contribution in [3.05, 3.63) is 0 Å². The molecule has 0 rings (SSSR count). The van der Waals surface area contributed by atoms with E-state index in [0.29, 0.717) is 0 Å². The Morgan fingerprint density at radius 1 is 1.67 bits per heavy atom. The lowest BCUT2D eigenvalue weighted by Gasteiger charge is -2.11. The van der Waals surface area contributed by atoms with Gasteiger partial charge in [0.25, 0.3) is 0 Å². The molecule has 0 spiro atoms. The normalized spacial score (nSPS) is 15.6. The predicted octanol–water partition coefficient (Wildman–Crippen LogP) is -1.67. The first-order valence-electron chi connectivity index (χ1n) is 3.47. The lowest BCUT2D eigenvalue weighted by molar-refractivity contribution is -0.144. The van der Waals surface area contributed by atoms with E-state index in [1.54, 1.807) is 0 Å². The molecule has 0 aromatic carbocycles. The first-order valence-corrected chi connectivity index (χ1v) is 3.47. The number of hydroxylamine groups is 1. The average Bonchev–Trinajstić information content (AvgIpc) is 2.03. The van der Waals surface area contributed by atoms with Gasteiger partial charge >= 0.3 is 5.97 Å². The Morgan fingerprint density at radius 3 is 2.67 bits per heavy atom. The number of hydrogen-bond acceptors (Lipinski definition) is 5. The summed E-state index contributed by atoms with van der Waals surface area (Å²) in [5, 5.41) is 25.4. The molecule has 0 radical (unpaired) electrons. The highest BCUT2D eigenvalue weighted by Gasteiger charge is 2.10. The largest absolute Gasteiger partial charge is 0.480 e. The minimum absolute atomic E-state index is 0.145. The summed E-state index contributed by atoms with van der Waals surface area (Å²) >= 11 is 0. The zero-order chi connectivity index (χ0) is 9.56. The molecule has 72 valence electrons. The highest BCUT2D eigenvalue weighted by atomic mass is 16.7. The molecule has 0 aromatic rings. The molecule has 0 bridgehead atoms. The molecular weight excluding hydrogens is 166 g/mol. The summed E-state index contributed by atoms with van der Waals surface area (Å²) < 4.78 is 0. The maximum absolute atomic E-state index is 10.2. The molecule has 1 unspecified atom stereocenters. The zero-order valence-electron chi connectivity index (χ0n) is 6.73. The van der Waals surface area contributed by atoms with Gasteiger partial charge in [0, 0.05) is 0 Å². The van der Waals surface area contributed by atoms with Gasteiger partial charge in [0.2, 0.25) is 0 Å². The van der Waals surface area contributed by atoms with Crippen LogP contribution in [0, 0.1) is 0 Å². The number of carbonyl (C=O) groups is 1. The van der Waals surface area contributed by atoms with Crippen molar-refractivity contribution < 1.29 is 25.0 Å². The quantitative estimate of drug-likeness (QED) is 0.364.